The van der Waals surface area contributed by atoms with E-state index in [4.69, 9.17) is 4.74 Å². The fourth-order valence-corrected chi connectivity index (χ4v) is 2.40. The minimum absolute atomic E-state index is 0.0296. The second kappa shape index (κ2) is 6.89. The van der Waals surface area contributed by atoms with E-state index in [9.17, 15) is 4.79 Å². The number of anilines is 1. The molecule has 116 valence electrons. The smallest absolute Gasteiger partial charge is 0.251 e. The molecular weight excluding hydrogens is 266 g/mol. The molecule has 0 spiro atoms. The number of rotatable bonds is 6. The molecule has 0 radical (unpaired) electrons. The summed E-state index contributed by atoms with van der Waals surface area (Å²) < 4.78 is 5.23. The van der Waals surface area contributed by atoms with Crippen LogP contribution in [0.4, 0.5) is 5.82 Å². The topological polar surface area (TPSA) is 63.2 Å². The van der Waals surface area contributed by atoms with E-state index in [0.717, 1.165) is 30.9 Å². The van der Waals surface area contributed by atoms with Crippen LogP contribution in [0.2, 0.25) is 0 Å². The molecule has 0 bridgehead atoms. The summed E-state index contributed by atoms with van der Waals surface area (Å²) in [5.41, 5.74) is 1.60. The highest BCUT2D eigenvalue weighted by Crippen LogP contribution is 2.23. The Morgan fingerprint density at radius 2 is 2.14 bits per heavy atom. The first-order chi connectivity index (χ1) is 10.0. The number of ether oxygens (including phenoxy) is 1. The summed E-state index contributed by atoms with van der Waals surface area (Å²) in [6, 6.07) is 3.92. The van der Waals surface area contributed by atoms with Crippen molar-refractivity contribution in [3.63, 3.8) is 0 Å². The number of amides is 1. The normalized spacial score (nSPS) is 21.0. The van der Waals surface area contributed by atoms with Crippen molar-refractivity contribution in [2.75, 3.05) is 19.0 Å². The average molecular weight is 291 g/mol. The molecule has 1 fully saturated rings. The van der Waals surface area contributed by atoms with Crippen LogP contribution in [0, 0.1) is 0 Å². The van der Waals surface area contributed by atoms with Gasteiger partial charge in [0.15, 0.2) is 0 Å². The van der Waals surface area contributed by atoms with Crippen LogP contribution in [-0.2, 0) is 4.74 Å². The number of aromatic nitrogens is 1. The van der Waals surface area contributed by atoms with Crippen molar-refractivity contribution in [3.05, 3.63) is 23.4 Å². The van der Waals surface area contributed by atoms with Crippen LogP contribution in [0.1, 0.15) is 55.6 Å². The van der Waals surface area contributed by atoms with Gasteiger partial charge in [-0.2, -0.15) is 0 Å². The number of hydrogen-bond acceptors (Lipinski definition) is 4. The van der Waals surface area contributed by atoms with Crippen LogP contribution >= 0.6 is 0 Å². The lowest BCUT2D eigenvalue weighted by Crippen LogP contribution is -2.47. The minimum Gasteiger partial charge on any atom is -0.381 e. The van der Waals surface area contributed by atoms with Crippen molar-refractivity contribution in [2.24, 2.45) is 0 Å². The van der Waals surface area contributed by atoms with E-state index in [1.807, 2.05) is 19.1 Å². The average Bonchev–Trinajstić information content (AvgIpc) is 2.42. The number of methoxy groups -OCH3 is 1. The quantitative estimate of drug-likeness (QED) is 0.845. The van der Waals surface area contributed by atoms with Gasteiger partial charge in [0.2, 0.25) is 0 Å². The Morgan fingerprint density at radius 1 is 1.43 bits per heavy atom. The molecular formula is C16H25N3O2. The van der Waals surface area contributed by atoms with Gasteiger partial charge in [-0.15, -0.1) is 0 Å². The van der Waals surface area contributed by atoms with Crippen LogP contribution in [0.5, 0.6) is 0 Å². The van der Waals surface area contributed by atoms with Crippen molar-refractivity contribution in [1.82, 2.24) is 10.3 Å². The molecule has 0 unspecified atom stereocenters. The molecule has 5 nitrogen and oxygen atoms in total. The lowest BCUT2D eigenvalue weighted by Gasteiger charge is -2.34. The number of carbonyl (C=O) groups excluding carboxylic acids is 1. The number of hydrogen-bond donors (Lipinski definition) is 2. The van der Waals surface area contributed by atoms with Crippen LogP contribution in [0.25, 0.3) is 0 Å². The predicted molar refractivity (Wildman–Crippen MR) is 83.8 cm³/mol. The molecule has 0 atom stereocenters. The summed E-state index contributed by atoms with van der Waals surface area (Å²) in [6.07, 6.45) is 2.07. The first-order valence-corrected chi connectivity index (χ1v) is 7.63. The van der Waals surface area contributed by atoms with Gasteiger partial charge in [-0.1, -0.05) is 13.8 Å². The maximum Gasteiger partial charge on any atom is 0.251 e. The van der Waals surface area contributed by atoms with E-state index in [0.29, 0.717) is 5.56 Å². The van der Waals surface area contributed by atoms with Gasteiger partial charge in [0.05, 0.1) is 6.10 Å². The van der Waals surface area contributed by atoms with E-state index in [2.05, 4.69) is 29.5 Å². The van der Waals surface area contributed by atoms with E-state index >= 15 is 0 Å². The number of nitrogens with one attached hydrogen (secondary N) is 2. The molecule has 5 heteroatoms. The summed E-state index contributed by atoms with van der Waals surface area (Å²) in [6.45, 7) is 6.96. The summed E-state index contributed by atoms with van der Waals surface area (Å²) >= 11 is 0. The van der Waals surface area contributed by atoms with Crippen LogP contribution in [-0.4, -0.2) is 36.7 Å². The summed E-state index contributed by atoms with van der Waals surface area (Å²) in [5, 5.41) is 6.24. The standard InChI is InChI=1S/C16H25N3O2/c1-5-17-15-7-11(6-14(19-15)10(2)3)16(20)18-12-8-13(9-12)21-4/h6-7,10,12-13H,5,8-9H2,1-4H3,(H,17,19)(H,18,20). The fraction of sp³-hybridized carbons (Fsp3) is 0.625. The third kappa shape index (κ3) is 3.94. The first-order valence-electron chi connectivity index (χ1n) is 7.63. The predicted octanol–water partition coefficient (Wildman–Crippen LogP) is 2.54. The van der Waals surface area contributed by atoms with Gasteiger partial charge in [0.25, 0.3) is 5.91 Å². The Kier molecular flexibility index (Phi) is 5.17. The molecule has 1 aliphatic rings. The van der Waals surface area contributed by atoms with Crippen molar-refractivity contribution in [1.29, 1.82) is 0 Å². The largest absolute Gasteiger partial charge is 0.381 e. The Balaban J connectivity index is 2.08. The molecule has 2 N–H and O–H groups in total. The van der Waals surface area contributed by atoms with Gasteiger partial charge >= 0.3 is 0 Å². The van der Waals surface area contributed by atoms with Crippen molar-refractivity contribution in [3.8, 4) is 0 Å². The maximum atomic E-state index is 12.4. The van der Waals surface area contributed by atoms with E-state index in [1.165, 1.54) is 0 Å². The summed E-state index contributed by atoms with van der Waals surface area (Å²) in [7, 11) is 1.71. The van der Waals surface area contributed by atoms with Crippen molar-refractivity contribution >= 4 is 11.7 Å². The number of nitrogens with zero attached hydrogens (tertiary/aromatic N) is 1. The Hall–Kier alpha value is -1.62. The van der Waals surface area contributed by atoms with Gasteiger partial charge in [0, 0.05) is 31.0 Å². The molecule has 1 saturated carbocycles. The Labute approximate surface area is 126 Å². The van der Waals surface area contributed by atoms with Crippen LogP contribution in [0.15, 0.2) is 12.1 Å². The molecule has 2 rings (SSSR count). The minimum atomic E-state index is -0.0296. The summed E-state index contributed by atoms with van der Waals surface area (Å²) in [5.74, 6) is 1.02. The zero-order chi connectivity index (χ0) is 15.4. The number of carbonyl (C=O) groups is 1. The molecule has 0 saturated heterocycles. The molecule has 21 heavy (non-hydrogen) atoms. The van der Waals surface area contributed by atoms with E-state index in [1.54, 1.807) is 7.11 Å². The van der Waals surface area contributed by atoms with E-state index < -0.39 is 0 Å². The molecule has 0 aliphatic heterocycles. The Morgan fingerprint density at radius 3 is 2.71 bits per heavy atom. The molecule has 1 aromatic heterocycles. The third-order valence-electron chi connectivity index (χ3n) is 3.82. The number of pyridine rings is 1. The zero-order valence-electron chi connectivity index (χ0n) is 13.3. The molecule has 0 aromatic carbocycles. The lowest BCUT2D eigenvalue weighted by molar-refractivity contribution is 0.0176. The van der Waals surface area contributed by atoms with Gasteiger partial charge < -0.3 is 15.4 Å². The SMILES string of the molecule is CCNc1cc(C(=O)NC2CC(OC)C2)cc(C(C)C)n1. The Bertz CT molecular complexity index is 496. The highest BCUT2D eigenvalue weighted by Gasteiger charge is 2.30. The zero-order valence-corrected chi connectivity index (χ0v) is 13.3. The van der Waals surface area contributed by atoms with Crippen LogP contribution < -0.4 is 10.6 Å². The van der Waals surface area contributed by atoms with Gasteiger partial charge in [-0.25, -0.2) is 4.98 Å². The second-order valence-electron chi connectivity index (χ2n) is 5.85. The lowest BCUT2D eigenvalue weighted by atomic mass is 9.89. The molecule has 1 amide bonds. The van der Waals surface area contributed by atoms with Crippen molar-refractivity contribution < 1.29 is 9.53 Å². The highest BCUT2D eigenvalue weighted by atomic mass is 16.5. The fourth-order valence-electron chi connectivity index (χ4n) is 2.40. The van der Waals surface area contributed by atoms with Gasteiger partial charge in [-0.05, 0) is 37.8 Å². The maximum absolute atomic E-state index is 12.4. The third-order valence-corrected chi connectivity index (χ3v) is 3.82. The summed E-state index contributed by atoms with van der Waals surface area (Å²) in [4.78, 5) is 16.9. The van der Waals surface area contributed by atoms with Crippen LogP contribution in [0.3, 0.4) is 0 Å². The van der Waals surface area contributed by atoms with E-state index in [-0.39, 0.29) is 24.0 Å². The molecule has 1 heterocycles. The van der Waals surface area contributed by atoms with Gasteiger partial charge in [-0.3, -0.25) is 4.79 Å². The van der Waals surface area contributed by atoms with Gasteiger partial charge in [0.1, 0.15) is 5.82 Å². The molecule has 1 aliphatic carbocycles. The monoisotopic (exact) mass is 291 g/mol. The molecule has 1 aromatic rings. The highest BCUT2D eigenvalue weighted by molar-refractivity contribution is 5.95. The second-order valence-corrected chi connectivity index (χ2v) is 5.85. The van der Waals surface area contributed by atoms with Crippen molar-refractivity contribution in [2.45, 2.75) is 51.7 Å². The first kappa shape index (κ1) is 15.8.